The molecule has 1 aromatic carbocycles. The molecular formula is C25H31N3O3. The molecule has 1 saturated heterocycles. The summed E-state index contributed by atoms with van der Waals surface area (Å²) in [5.41, 5.74) is 3.24. The second-order valence-electron chi connectivity index (χ2n) is 9.69. The van der Waals surface area contributed by atoms with Gasteiger partial charge in [-0.25, -0.2) is 0 Å². The van der Waals surface area contributed by atoms with E-state index in [1.807, 2.05) is 19.9 Å². The fourth-order valence-corrected chi connectivity index (χ4v) is 4.72. The Hall–Kier alpha value is -2.73. The molecule has 0 atom stereocenters. The molecule has 0 saturated carbocycles. The van der Waals surface area contributed by atoms with Crippen LogP contribution in [0.5, 0.6) is 0 Å². The third-order valence-electron chi connectivity index (χ3n) is 6.48. The number of ketones is 1. The number of rotatable bonds is 3. The van der Waals surface area contributed by atoms with E-state index in [0.717, 1.165) is 26.1 Å². The zero-order valence-corrected chi connectivity index (χ0v) is 18.7. The summed E-state index contributed by atoms with van der Waals surface area (Å²) in [4.78, 5) is 45.4. The second-order valence-corrected chi connectivity index (χ2v) is 9.69. The molecule has 1 aliphatic carbocycles. The van der Waals surface area contributed by atoms with E-state index in [1.165, 1.54) is 17.2 Å². The first-order chi connectivity index (χ1) is 14.7. The smallest absolute Gasteiger partial charge is 0.261 e. The van der Waals surface area contributed by atoms with Crippen molar-refractivity contribution < 1.29 is 9.59 Å². The van der Waals surface area contributed by atoms with Crippen LogP contribution >= 0.6 is 0 Å². The number of nitrogens with zero attached hydrogens (tertiary/aromatic N) is 2. The molecule has 1 amide bonds. The highest BCUT2D eigenvalue weighted by Gasteiger charge is 2.33. The van der Waals surface area contributed by atoms with Gasteiger partial charge in [-0.05, 0) is 42.4 Å². The lowest BCUT2D eigenvalue weighted by Crippen LogP contribution is -2.39. The Morgan fingerprint density at radius 3 is 2.61 bits per heavy atom. The molecule has 1 aliphatic heterocycles. The summed E-state index contributed by atoms with van der Waals surface area (Å²) < 4.78 is 0. The number of carbonyl (C=O) groups excluding carboxylic acids is 2. The number of hydrogen-bond acceptors (Lipinski definition) is 4. The molecule has 0 radical (unpaired) electrons. The SMILES string of the molecule is Cc1ccccc1CN1CCCN(C(=O)c2cc3c([nH]c2=O)CC(C)(C)CC3=O)CC1. The predicted molar refractivity (Wildman–Crippen MR) is 120 cm³/mol. The van der Waals surface area contributed by atoms with Crippen molar-refractivity contribution in [2.75, 3.05) is 26.2 Å². The van der Waals surface area contributed by atoms with Crippen LogP contribution in [0.15, 0.2) is 35.1 Å². The van der Waals surface area contributed by atoms with E-state index in [9.17, 15) is 14.4 Å². The molecule has 2 aliphatic rings. The molecule has 6 heteroatoms. The number of carbonyl (C=O) groups is 2. The molecule has 2 aromatic rings. The van der Waals surface area contributed by atoms with Gasteiger partial charge in [-0.2, -0.15) is 0 Å². The summed E-state index contributed by atoms with van der Waals surface area (Å²) in [6.45, 7) is 9.87. The molecule has 0 unspecified atom stereocenters. The first-order valence-corrected chi connectivity index (χ1v) is 11.1. The maximum Gasteiger partial charge on any atom is 0.261 e. The van der Waals surface area contributed by atoms with Gasteiger partial charge in [0.1, 0.15) is 5.56 Å². The van der Waals surface area contributed by atoms with E-state index < -0.39 is 5.56 Å². The lowest BCUT2D eigenvalue weighted by molar-refractivity contribution is 0.0759. The molecule has 6 nitrogen and oxygen atoms in total. The maximum absolute atomic E-state index is 13.2. The highest BCUT2D eigenvalue weighted by Crippen LogP contribution is 2.33. The Morgan fingerprint density at radius 1 is 1.06 bits per heavy atom. The number of amides is 1. The van der Waals surface area contributed by atoms with Crippen molar-refractivity contribution >= 4 is 11.7 Å². The highest BCUT2D eigenvalue weighted by atomic mass is 16.2. The van der Waals surface area contributed by atoms with Crippen LogP contribution in [-0.4, -0.2) is 52.7 Å². The number of hydrogen-bond donors (Lipinski definition) is 1. The van der Waals surface area contributed by atoms with Crippen molar-refractivity contribution in [3.63, 3.8) is 0 Å². The van der Waals surface area contributed by atoms with Crippen LogP contribution in [0.4, 0.5) is 0 Å². The first kappa shape index (κ1) is 21.5. The Morgan fingerprint density at radius 2 is 1.84 bits per heavy atom. The van der Waals surface area contributed by atoms with Gasteiger partial charge in [0.05, 0.1) is 0 Å². The summed E-state index contributed by atoms with van der Waals surface area (Å²) in [5, 5.41) is 0. The van der Waals surface area contributed by atoms with Crippen molar-refractivity contribution in [3.05, 3.63) is 68.6 Å². The van der Waals surface area contributed by atoms with Crippen LogP contribution in [0.25, 0.3) is 0 Å². The number of aromatic amines is 1. The normalized spacial score (nSPS) is 19.1. The van der Waals surface area contributed by atoms with Crippen LogP contribution in [0.3, 0.4) is 0 Å². The van der Waals surface area contributed by atoms with Crippen LogP contribution in [0.2, 0.25) is 0 Å². The lowest BCUT2D eigenvalue weighted by atomic mass is 9.75. The molecule has 1 fully saturated rings. The number of aromatic nitrogens is 1. The van der Waals surface area contributed by atoms with Crippen molar-refractivity contribution in [1.29, 1.82) is 0 Å². The number of aryl methyl sites for hydroxylation is 1. The minimum absolute atomic E-state index is 0.00294. The largest absolute Gasteiger partial charge is 0.337 e. The van der Waals surface area contributed by atoms with Gasteiger partial charge in [0, 0.05) is 50.4 Å². The Labute approximate surface area is 183 Å². The minimum atomic E-state index is -0.393. The average molecular weight is 422 g/mol. The van der Waals surface area contributed by atoms with Gasteiger partial charge in [0.2, 0.25) is 0 Å². The van der Waals surface area contributed by atoms with Gasteiger partial charge in [0.15, 0.2) is 5.78 Å². The van der Waals surface area contributed by atoms with Gasteiger partial charge < -0.3 is 9.88 Å². The van der Waals surface area contributed by atoms with Crippen LogP contribution in [-0.2, 0) is 13.0 Å². The van der Waals surface area contributed by atoms with Crippen LogP contribution in [0.1, 0.15) is 64.2 Å². The van der Waals surface area contributed by atoms with Crippen molar-refractivity contribution in [1.82, 2.24) is 14.8 Å². The van der Waals surface area contributed by atoms with E-state index in [1.54, 1.807) is 4.90 Å². The standard InChI is InChI=1S/C25H31N3O3/c1-17-7-4-5-8-18(17)16-27-9-6-10-28(12-11-27)24(31)20-13-19-21(26-23(20)30)14-25(2,3)15-22(19)29/h4-5,7-8,13H,6,9-12,14-16H2,1-3H3,(H,26,30). The van der Waals surface area contributed by atoms with Crippen LogP contribution < -0.4 is 5.56 Å². The molecular weight excluding hydrogens is 390 g/mol. The summed E-state index contributed by atoms with van der Waals surface area (Å²) in [6.07, 6.45) is 1.92. The molecule has 1 aromatic heterocycles. The van der Waals surface area contributed by atoms with E-state index in [2.05, 4.69) is 35.0 Å². The number of H-pyrrole nitrogens is 1. The monoisotopic (exact) mass is 421 g/mol. The Kier molecular flexibility index (Phi) is 5.84. The number of benzene rings is 1. The van der Waals surface area contributed by atoms with Gasteiger partial charge >= 0.3 is 0 Å². The lowest BCUT2D eigenvalue weighted by Gasteiger charge is -2.30. The number of fused-ring (bicyclic) bond motifs is 1. The van der Waals surface area contributed by atoms with Gasteiger partial charge in [-0.1, -0.05) is 38.1 Å². The molecule has 2 heterocycles. The zero-order chi connectivity index (χ0) is 22.2. The third kappa shape index (κ3) is 4.64. The highest BCUT2D eigenvalue weighted by molar-refractivity contribution is 6.02. The van der Waals surface area contributed by atoms with Gasteiger partial charge in [-0.3, -0.25) is 19.3 Å². The molecule has 164 valence electrons. The van der Waals surface area contributed by atoms with E-state index in [-0.39, 0.29) is 22.7 Å². The van der Waals surface area contributed by atoms with E-state index in [4.69, 9.17) is 0 Å². The average Bonchev–Trinajstić information content (AvgIpc) is 2.93. The van der Waals surface area contributed by atoms with Gasteiger partial charge in [-0.15, -0.1) is 0 Å². The van der Waals surface area contributed by atoms with E-state index >= 15 is 0 Å². The second kappa shape index (κ2) is 8.42. The van der Waals surface area contributed by atoms with Gasteiger partial charge in [0.25, 0.3) is 11.5 Å². The number of pyridine rings is 1. The summed E-state index contributed by atoms with van der Waals surface area (Å²) in [5.74, 6) is -0.281. The molecule has 1 N–H and O–H groups in total. The summed E-state index contributed by atoms with van der Waals surface area (Å²) >= 11 is 0. The minimum Gasteiger partial charge on any atom is -0.337 e. The number of Topliss-reactive ketones (excluding diaryl/α,β-unsaturated/α-hetero) is 1. The quantitative estimate of drug-likeness (QED) is 0.826. The topological polar surface area (TPSA) is 73.5 Å². The first-order valence-electron chi connectivity index (χ1n) is 11.1. The fraction of sp³-hybridized carbons (Fsp3) is 0.480. The molecule has 31 heavy (non-hydrogen) atoms. The molecule has 4 rings (SSSR count). The summed E-state index contributed by atoms with van der Waals surface area (Å²) in [6, 6.07) is 9.90. The van der Waals surface area contributed by atoms with E-state index in [0.29, 0.717) is 37.2 Å². The molecule has 0 bridgehead atoms. The Balaban J connectivity index is 1.49. The molecule has 0 spiro atoms. The summed E-state index contributed by atoms with van der Waals surface area (Å²) in [7, 11) is 0. The third-order valence-corrected chi connectivity index (χ3v) is 6.48. The van der Waals surface area contributed by atoms with Crippen molar-refractivity contribution in [3.8, 4) is 0 Å². The van der Waals surface area contributed by atoms with Crippen molar-refractivity contribution in [2.24, 2.45) is 5.41 Å². The maximum atomic E-state index is 13.2. The number of nitrogens with one attached hydrogen (secondary N) is 1. The predicted octanol–water partition coefficient (Wildman–Crippen LogP) is 3.19. The van der Waals surface area contributed by atoms with Crippen molar-refractivity contribution in [2.45, 2.75) is 46.6 Å². The van der Waals surface area contributed by atoms with Crippen LogP contribution in [0, 0.1) is 12.3 Å². The zero-order valence-electron chi connectivity index (χ0n) is 18.7. The Bertz CT molecular complexity index is 1070. The fourth-order valence-electron chi connectivity index (χ4n) is 4.72.